The van der Waals surface area contributed by atoms with Crippen LogP contribution in [0.5, 0.6) is 0 Å². The van der Waals surface area contributed by atoms with Crippen LogP contribution in [-0.2, 0) is 0 Å². The van der Waals surface area contributed by atoms with Crippen LogP contribution in [0, 0.1) is 0 Å². The van der Waals surface area contributed by atoms with Crippen LogP contribution in [0.4, 0.5) is 0 Å². The molecule has 0 bridgehead atoms. The summed E-state index contributed by atoms with van der Waals surface area (Å²) in [6.07, 6.45) is 5.51. The van der Waals surface area contributed by atoms with E-state index in [9.17, 15) is 0 Å². The van der Waals surface area contributed by atoms with Gasteiger partial charge in [0.25, 0.3) is 0 Å². The van der Waals surface area contributed by atoms with Gasteiger partial charge in [0.05, 0.1) is 21.8 Å². The molecule has 29 heavy (non-hydrogen) atoms. The fourth-order valence-corrected chi connectivity index (χ4v) is 4.46. The van der Waals surface area contributed by atoms with Gasteiger partial charge in [0, 0.05) is 40.4 Å². The van der Waals surface area contributed by atoms with E-state index in [1.54, 1.807) is 17.5 Å². The van der Waals surface area contributed by atoms with E-state index in [4.69, 9.17) is 0 Å². The lowest BCUT2D eigenvalue weighted by molar-refractivity contribution is 1.12. The number of H-pyrrole nitrogens is 2. The van der Waals surface area contributed by atoms with Crippen molar-refractivity contribution in [2.75, 3.05) is 0 Å². The maximum atomic E-state index is 4.62. The van der Waals surface area contributed by atoms with Crippen LogP contribution >= 0.6 is 11.3 Å². The zero-order valence-electron chi connectivity index (χ0n) is 15.3. The fraction of sp³-hybridized carbons (Fsp3) is 0. The van der Waals surface area contributed by atoms with Gasteiger partial charge in [-0.3, -0.25) is 15.1 Å². The monoisotopic (exact) mass is 393 g/mol. The highest BCUT2D eigenvalue weighted by Gasteiger charge is 2.15. The maximum Gasteiger partial charge on any atom is 0.116 e. The summed E-state index contributed by atoms with van der Waals surface area (Å²) >= 11 is 1.70. The molecule has 0 aliphatic carbocycles. The third-order valence-corrected chi connectivity index (χ3v) is 5.99. The molecule has 5 heterocycles. The summed E-state index contributed by atoms with van der Waals surface area (Å²) in [6, 6.07) is 18.6. The molecular formula is C23H15N5S. The summed E-state index contributed by atoms with van der Waals surface area (Å²) < 4.78 is 0. The lowest BCUT2D eigenvalue weighted by atomic mass is 10.0. The number of thiophene rings is 1. The molecule has 2 N–H and O–H groups in total. The summed E-state index contributed by atoms with van der Waals surface area (Å²) in [7, 11) is 0. The van der Waals surface area contributed by atoms with Gasteiger partial charge in [0.2, 0.25) is 0 Å². The molecule has 0 saturated carbocycles. The second kappa shape index (κ2) is 6.39. The molecule has 0 radical (unpaired) electrons. The number of benzene rings is 1. The summed E-state index contributed by atoms with van der Waals surface area (Å²) in [5, 5.41) is 12.0. The highest BCUT2D eigenvalue weighted by Crippen LogP contribution is 2.35. The van der Waals surface area contributed by atoms with Gasteiger partial charge in [-0.1, -0.05) is 18.2 Å². The number of nitrogens with zero attached hydrogens (tertiary/aromatic N) is 3. The first kappa shape index (κ1) is 16.2. The van der Waals surface area contributed by atoms with Crippen LogP contribution in [0.2, 0.25) is 0 Å². The first-order chi connectivity index (χ1) is 14.4. The largest absolute Gasteiger partial charge is 0.353 e. The topological polar surface area (TPSA) is 70.2 Å². The molecule has 0 spiro atoms. The quantitative estimate of drug-likeness (QED) is 0.393. The normalized spacial score (nSPS) is 11.4. The van der Waals surface area contributed by atoms with Crippen molar-refractivity contribution < 1.29 is 0 Å². The minimum atomic E-state index is 0.902. The molecule has 6 rings (SSSR count). The molecule has 0 atom stereocenters. The van der Waals surface area contributed by atoms with Gasteiger partial charge in [-0.25, -0.2) is 0 Å². The molecule has 5 nitrogen and oxygen atoms in total. The number of hydrogen-bond acceptors (Lipinski definition) is 4. The number of aromatic amines is 2. The average Bonchev–Trinajstić information content (AvgIpc) is 3.52. The Morgan fingerprint density at radius 1 is 0.793 bits per heavy atom. The van der Waals surface area contributed by atoms with E-state index in [0.29, 0.717) is 0 Å². The van der Waals surface area contributed by atoms with E-state index in [0.717, 1.165) is 54.9 Å². The zero-order chi connectivity index (χ0) is 19.2. The van der Waals surface area contributed by atoms with Crippen molar-refractivity contribution in [1.82, 2.24) is 25.1 Å². The molecule has 0 unspecified atom stereocenters. The third-order valence-electron chi connectivity index (χ3n) is 5.12. The van der Waals surface area contributed by atoms with E-state index >= 15 is 0 Å². The Morgan fingerprint density at radius 2 is 1.76 bits per heavy atom. The average molecular weight is 393 g/mol. The van der Waals surface area contributed by atoms with Crippen molar-refractivity contribution in [2.24, 2.45) is 0 Å². The van der Waals surface area contributed by atoms with Crippen LogP contribution < -0.4 is 0 Å². The summed E-state index contributed by atoms with van der Waals surface area (Å²) in [6.45, 7) is 0. The van der Waals surface area contributed by atoms with Crippen LogP contribution in [-0.4, -0.2) is 25.1 Å². The predicted molar refractivity (Wildman–Crippen MR) is 118 cm³/mol. The molecule has 1 aromatic carbocycles. The molecule has 0 saturated heterocycles. The van der Waals surface area contributed by atoms with Crippen LogP contribution in [0.15, 0.2) is 78.6 Å². The van der Waals surface area contributed by atoms with Crippen molar-refractivity contribution in [3.8, 4) is 33.1 Å². The molecule has 0 fully saturated rings. The smallest absolute Gasteiger partial charge is 0.116 e. The van der Waals surface area contributed by atoms with E-state index in [2.05, 4.69) is 73.0 Å². The van der Waals surface area contributed by atoms with Gasteiger partial charge in [0.1, 0.15) is 5.69 Å². The van der Waals surface area contributed by atoms with E-state index in [1.807, 2.05) is 24.5 Å². The number of aromatic nitrogens is 5. The second-order valence-electron chi connectivity index (χ2n) is 6.86. The SMILES string of the molecule is c1cncc(-c2ccc3[nH]nc(-c4cc5c(-c6cccs6)nccc5[nH]4)c3c2)c1. The summed E-state index contributed by atoms with van der Waals surface area (Å²) in [5.41, 5.74) is 7.13. The molecule has 6 aromatic rings. The van der Waals surface area contributed by atoms with Gasteiger partial charge in [-0.2, -0.15) is 5.10 Å². The van der Waals surface area contributed by atoms with E-state index < -0.39 is 0 Å². The Hall–Kier alpha value is -3.77. The third kappa shape index (κ3) is 2.65. The minimum absolute atomic E-state index is 0.902. The molecule has 0 amide bonds. The molecular weight excluding hydrogens is 378 g/mol. The molecule has 6 heteroatoms. The Balaban J connectivity index is 1.53. The van der Waals surface area contributed by atoms with E-state index in [1.165, 1.54) is 0 Å². The lowest BCUT2D eigenvalue weighted by Crippen LogP contribution is -1.81. The molecule has 0 aliphatic heterocycles. The number of nitrogens with one attached hydrogen (secondary N) is 2. The van der Waals surface area contributed by atoms with Crippen LogP contribution in [0.3, 0.4) is 0 Å². The van der Waals surface area contributed by atoms with Crippen molar-refractivity contribution in [1.29, 1.82) is 0 Å². The predicted octanol–water partition coefficient (Wildman–Crippen LogP) is 5.90. The van der Waals surface area contributed by atoms with Crippen molar-refractivity contribution >= 4 is 33.1 Å². The zero-order valence-corrected chi connectivity index (χ0v) is 16.1. The van der Waals surface area contributed by atoms with Crippen molar-refractivity contribution in [2.45, 2.75) is 0 Å². The number of rotatable bonds is 3. The molecule has 5 aromatic heterocycles. The second-order valence-corrected chi connectivity index (χ2v) is 7.80. The van der Waals surface area contributed by atoms with Gasteiger partial charge < -0.3 is 4.98 Å². The minimum Gasteiger partial charge on any atom is -0.353 e. The van der Waals surface area contributed by atoms with Gasteiger partial charge >= 0.3 is 0 Å². The van der Waals surface area contributed by atoms with E-state index in [-0.39, 0.29) is 0 Å². The number of pyridine rings is 2. The van der Waals surface area contributed by atoms with Crippen LogP contribution in [0.1, 0.15) is 0 Å². The first-order valence-electron chi connectivity index (χ1n) is 9.27. The molecule has 138 valence electrons. The molecule has 0 aliphatic rings. The van der Waals surface area contributed by atoms with Gasteiger partial charge in [-0.15, -0.1) is 11.3 Å². The lowest BCUT2D eigenvalue weighted by Gasteiger charge is -2.01. The summed E-state index contributed by atoms with van der Waals surface area (Å²) in [5.74, 6) is 0. The first-order valence-corrected chi connectivity index (χ1v) is 10.2. The summed E-state index contributed by atoms with van der Waals surface area (Å²) in [4.78, 5) is 13.5. The Morgan fingerprint density at radius 3 is 2.62 bits per heavy atom. The number of fused-ring (bicyclic) bond motifs is 2. The highest BCUT2D eigenvalue weighted by atomic mass is 32.1. The Labute approximate surface area is 170 Å². The maximum absolute atomic E-state index is 4.62. The van der Waals surface area contributed by atoms with Gasteiger partial charge in [0.15, 0.2) is 0 Å². The fourth-order valence-electron chi connectivity index (χ4n) is 3.72. The Kier molecular flexibility index (Phi) is 3.57. The highest BCUT2D eigenvalue weighted by molar-refractivity contribution is 7.13. The Bertz CT molecular complexity index is 1450. The van der Waals surface area contributed by atoms with Crippen molar-refractivity contribution in [3.63, 3.8) is 0 Å². The number of hydrogen-bond donors (Lipinski definition) is 2. The van der Waals surface area contributed by atoms with Crippen LogP contribution in [0.25, 0.3) is 54.9 Å². The standard InChI is InChI=1S/C23H15N5S/c1-3-15(13-24-8-1)14-5-6-19-16(11-14)22(28-27-19)20-12-17-18(26-20)7-9-25-23(17)21-4-2-10-29-21/h1-13,26H,(H,27,28). The van der Waals surface area contributed by atoms with Gasteiger partial charge in [-0.05, 0) is 47.3 Å². The van der Waals surface area contributed by atoms with Crippen molar-refractivity contribution in [3.05, 3.63) is 78.6 Å².